The number of aliphatic hydroxyl groups is 1. The molecule has 0 radical (unpaired) electrons. The molecule has 0 aliphatic heterocycles. The summed E-state index contributed by atoms with van der Waals surface area (Å²) in [5, 5.41) is 17.6. The first-order valence-corrected chi connectivity index (χ1v) is 11.0. The van der Waals surface area contributed by atoms with Crippen molar-refractivity contribution in [2.75, 3.05) is 10.6 Å². The number of rotatable bonds is 6. The lowest BCUT2D eigenvalue weighted by atomic mass is 9.89. The van der Waals surface area contributed by atoms with E-state index in [9.17, 15) is 32.3 Å². The largest absolute Gasteiger partial charge is 0.416 e. The maximum Gasteiger partial charge on any atom is 0.416 e. The Morgan fingerprint density at radius 2 is 1.72 bits per heavy atom. The lowest BCUT2D eigenvalue weighted by Gasteiger charge is -2.31. The van der Waals surface area contributed by atoms with Crippen molar-refractivity contribution in [2.24, 2.45) is 0 Å². The molecule has 11 heteroatoms. The number of amides is 2. The number of hydrogen-bond acceptors (Lipinski definition) is 5. The van der Waals surface area contributed by atoms with Gasteiger partial charge in [0.05, 0.1) is 22.9 Å². The molecule has 36 heavy (non-hydrogen) atoms. The second kappa shape index (κ2) is 9.94. The lowest BCUT2D eigenvalue weighted by molar-refractivity contribution is -0.137. The van der Waals surface area contributed by atoms with Gasteiger partial charge < -0.3 is 21.1 Å². The van der Waals surface area contributed by atoms with Crippen molar-refractivity contribution in [3.05, 3.63) is 82.8 Å². The number of nitrogens with one attached hydrogen (secondary N) is 3. The Kier molecular flexibility index (Phi) is 6.93. The molecule has 1 aliphatic rings. The summed E-state index contributed by atoms with van der Waals surface area (Å²) < 4.78 is 53.2. The molecule has 0 unspecified atom stereocenters. The Morgan fingerprint density at radius 3 is 2.39 bits per heavy atom. The zero-order valence-corrected chi connectivity index (χ0v) is 19.0. The third-order valence-corrected chi connectivity index (χ3v) is 5.73. The van der Waals surface area contributed by atoms with Crippen LogP contribution in [0.1, 0.15) is 44.7 Å². The highest BCUT2D eigenvalue weighted by atomic mass is 19.4. The first-order chi connectivity index (χ1) is 17.0. The molecule has 2 aromatic carbocycles. The summed E-state index contributed by atoms with van der Waals surface area (Å²) in [6.07, 6.45) is -3.21. The van der Waals surface area contributed by atoms with E-state index in [2.05, 4.69) is 20.9 Å². The van der Waals surface area contributed by atoms with Crippen molar-refractivity contribution in [3.63, 3.8) is 0 Å². The minimum Gasteiger partial charge on any atom is -0.393 e. The average Bonchev–Trinajstić information content (AvgIpc) is 2.79. The maximum atomic E-state index is 13.9. The number of aryl methyl sites for hydroxylation is 1. The number of carbonyl (C=O) groups is 2. The Bertz CT molecular complexity index is 1310. The number of carbonyl (C=O) groups excluding carboxylic acids is 2. The minimum atomic E-state index is -4.84. The number of para-hydroxylation sites is 1. The number of anilines is 3. The van der Waals surface area contributed by atoms with E-state index in [0.29, 0.717) is 36.7 Å². The number of hydrogen-bond donors (Lipinski definition) is 4. The maximum absolute atomic E-state index is 13.9. The molecule has 3 aromatic rings. The molecule has 1 fully saturated rings. The van der Waals surface area contributed by atoms with Crippen LogP contribution >= 0.6 is 0 Å². The number of aromatic nitrogens is 1. The molecule has 1 aromatic heterocycles. The summed E-state index contributed by atoms with van der Waals surface area (Å²) in [6, 6.07) is 9.82. The second-order valence-corrected chi connectivity index (χ2v) is 8.54. The van der Waals surface area contributed by atoms with Gasteiger partial charge in [-0.1, -0.05) is 18.2 Å². The molecule has 7 nitrogen and oxygen atoms in total. The normalized spacial score (nSPS) is 17.2. The van der Waals surface area contributed by atoms with E-state index in [4.69, 9.17) is 0 Å². The van der Waals surface area contributed by atoms with Gasteiger partial charge in [-0.2, -0.15) is 13.2 Å². The lowest BCUT2D eigenvalue weighted by Crippen LogP contribution is -2.46. The summed E-state index contributed by atoms with van der Waals surface area (Å²) in [6.45, 7) is 1.83. The molecule has 188 valence electrons. The Hall–Kier alpha value is -3.99. The fraction of sp³-hybridized carbons (Fsp3) is 0.240. The third-order valence-electron chi connectivity index (χ3n) is 5.73. The van der Waals surface area contributed by atoms with Gasteiger partial charge in [0.1, 0.15) is 5.82 Å². The Morgan fingerprint density at radius 1 is 1.00 bits per heavy atom. The summed E-state index contributed by atoms with van der Waals surface area (Å²) in [5.74, 6) is -2.61. The van der Waals surface area contributed by atoms with E-state index in [1.54, 1.807) is 12.1 Å². The fourth-order valence-corrected chi connectivity index (χ4v) is 3.68. The predicted octanol–water partition coefficient (Wildman–Crippen LogP) is 4.80. The zero-order chi connectivity index (χ0) is 26.0. The first kappa shape index (κ1) is 25.1. The van der Waals surface area contributed by atoms with Gasteiger partial charge in [0.15, 0.2) is 5.82 Å². The minimum absolute atomic E-state index is 0.00219. The number of aliphatic hydroxyl groups excluding tert-OH is 1. The molecule has 0 saturated heterocycles. The molecule has 1 saturated carbocycles. The molecule has 4 rings (SSSR count). The summed E-state index contributed by atoms with van der Waals surface area (Å²) in [4.78, 5) is 29.7. The van der Waals surface area contributed by atoms with Crippen LogP contribution in [0.3, 0.4) is 0 Å². The van der Waals surface area contributed by atoms with Crippen molar-refractivity contribution >= 4 is 29.0 Å². The average molecular weight is 502 g/mol. The van der Waals surface area contributed by atoms with Crippen molar-refractivity contribution in [2.45, 2.75) is 38.1 Å². The molecule has 2 amide bonds. The number of halogens is 4. The monoisotopic (exact) mass is 502 g/mol. The van der Waals surface area contributed by atoms with E-state index in [0.717, 1.165) is 5.56 Å². The smallest absolute Gasteiger partial charge is 0.393 e. The van der Waals surface area contributed by atoms with Gasteiger partial charge in [-0.15, -0.1) is 0 Å². The van der Waals surface area contributed by atoms with Gasteiger partial charge in [0, 0.05) is 23.5 Å². The van der Waals surface area contributed by atoms with Gasteiger partial charge in [-0.25, -0.2) is 9.37 Å². The molecule has 0 spiro atoms. The predicted molar refractivity (Wildman–Crippen MR) is 125 cm³/mol. The van der Waals surface area contributed by atoms with Gasteiger partial charge in [0.2, 0.25) is 0 Å². The van der Waals surface area contributed by atoms with Crippen LogP contribution in [-0.2, 0) is 6.18 Å². The number of benzene rings is 2. The summed E-state index contributed by atoms with van der Waals surface area (Å²) >= 11 is 0. The highest BCUT2D eigenvalue weighted by Gasteiger charge is 2.32. The highest BCUT2D eigenvalue weighted by Crippen LogP contribution is 2.31. The first-order valence-electron chi connectivity index (χ1n) is 11.0. The van der Waals surface area contributed by atoms with Crippen LogP contribution in [0.2, 0.25) is 0 Å². The van der Waals surface area contributed by atoms with Crippen LogP contribution in [0.4, 0.5) is 34.8 Å². The zero-order valence-electron chi connectivity index (χ0n) is 19.0. The van der Waals surface area contributed by atoms with E-state index in [1.165, 1.54) is 12.3 Å². The molecule has 1 aliphatic carbocycles. The van der Waals surface area contributed by atoms with Crippen LogP contribution in [0, 0.1) is 12.7 Å². The number of pyridine rings is 1. The fourth-order valence-electron chi connectivity index (χ4n) is 3.68. The molecule has 0 atom stereocenters. The van der Waals surface area contributed by atoms with Crippen molar-refractivity contribution < 1.29 is 32.3 Å². The topological polar surface area (TPSA) is 103 Å². The molecular weight excluding hydrogens is 480 g/mol. The molecule has 4 N–H and O–H groups in total. The van der Waals surface area contributed by atoms with E-state index < -0.39 is 41.0 Å². The molecule has 1 heterocycles. The van der Waals surface area contributed by atoms with Crippen LogP contribution in [0.25, 0.3) is 0 Å². The van der Waals surface area contributed by atoms with Crippen molar-refractivity contribution in [3.8, 4) is 0 Å². The van der Waals surface area contributed by atoms with Gasteiger partial charge >= 0.3 is 6.18 Å². The Balaban J connectivity index is 1.65. The third kappa shape index (κ3) is 5.80. The molecular formula is C25H22F4N4O3. The quantitative estimate of drug-likeness (QED) is 0.363. The number of alkyl halides is 3. The van der Waals surface area contributed by atoms with Crippen molar-refractivity contribution in [1.29, 1.82) is 0 Å². The Labute approximate surface area is 203 Å². The van der Waals surface area contributed by atoms with E-state index >= 15 is 0 Å². The van der Waals surface area contributed by atoms with E-state index in [-0.39, 0.29) is 23.1 Å². The van der Waals surface area contributed by atoms with Gasteiger partial charge in [-0.3, -0.25) is 9.59 Å². The van der Waals surface area contributed by atoms with Crippen molar-refractivity contribution in [1.82, 2.24) is 10.3 Å². The standard InChI is InChI=1S/C25H22F4N4O3/c1-13-4-2-3-5-20(13)32-22-21(8-15(12-30-22)24(36)31-18-10-19(34)11-18)33-23(35)14-6-16(25(27,28)29)9-17(26)7-14/h2-9,12,18-19,34H,10-11H2,1H3,(H,30,32)(H,31,36)(H,33,35). The van der Waals surface area contributed by atoms with Crippen LogP contribution in [0.5, 0.6) is 0 Å². The summed E-state index contributed by atoms with van der Waals surface area (Å²) in [5.41, 5.74) is -0.282. The molecule has 0 bridgehead atoms. The highest BCUT2D eigenvalue weighted by molar-refractivity contribution is 6.07. The number of nitrogens with zero attached hydrogens (tertiary/aromatic N) is 1. The second-order valence-electron chi connectivity index (χ2n) is 8.54. The SMILES string of the molecule is Cc1ccccc1Nc1ncc(C(=O)NC2CC(O)C2)cc1NC(=O)c1cc(F)cc(C(F)(F)F)c1. The van der Waals surface area contributed by atoms with Gasteiger partial charge in [0.25, 0.3) is 11.8 Å². The van der Waals surface area contributed by atoms with Crippen LogP contribution in [-0.4, -0.2) is 34.1 Å². The van der Waals surface area contributed by atoms with Crippen LogP contribution in [0.15, 0.2) is 54.7 Å². The van der Waals surface area contributed by atoms with E-state index in [1.807, 2.05) is 19.1 Å². The summed E-state index contributed by atoms with van der Waals surface area (Å²) in [7, 11) is 0. The van der Waals surface area contributed by atoms with Crippen LogP contribution < -0.4 is 16.0 Å². The van der Waals surface area contributed by atoms with Gasteiger partial charge in [-0.05, 0) is 55.7 Å².